The van der Waals surface area contributed by atoms with Crippen molar-refractivity contribution in [3.63, 3.8) is 0 Å². The van der Waals surface area contributed by atoms with Crippen molar-refractivity contribution in [3.8, 4) is 5.75 Å². The third-order valence-corrected chi connectivity index (χ3v) is 2.55. The Morgan fingerprint density at radius 2 is 2.16 bits per heavy atom. The van der Waals surface area contributed by atoms with Crippen LogP contribution in [0.15, 0.2) is 33.5 Å². The van der Waals surface area contributed by atoms with Gasteiger partial charge in [0.05, 0.1) is 6.61 Å². The molecule has 0 fully saturated rings. The van der Waals surface area contributed by atoms with Crippen LogP contribution in [-0.2, 0) is 4.79 Å². The topological polar surface area (TPSA) is 103 Å². The number of benzene rings is 1. The molecular weight excluding hydrogens is 250 g/mol. The van der Waals surface area contributed by atoms with E-state index in [1.165, 1.54) is 6.07 Å². The standard InChI is InChI=1S/C13H13NO5/c14-10-7-13(17)19-11-6-8(3-4-9(10)11)18-5-1-2-12(15)16/h3-4,6-7H,1-2,5,14H2,(H,15,16). The van der Waals surface area contributed by atoms with Crippen LogP contribution in [0.4, 0.5) is 5.69 Å². The van der Waals surface area contributed by atoms with Crippen LogP contribution in [0.5, 0.6) is 5.75 Å². The number of nitrogen functional groups attached to an aromatic ring is 1. The molecule has 1 aromatic heterocycles. The Morgan fingerprint density at radius 3 is 2.89 bits per heavy atom. The Labute approximate surface area is 108 Å². The number of hydrogen-bond acceptors (Lipinski definition) is 5. The first-order valence-electron chi connectivity index (χ1n) is 5.74. The Kier molecular flexibility index (Phi) is 3.70. The van der Waals surface area contributed by atoms with E-state index >= 15 is 0 Å². The van der Waals surface area contributed by atoms with Crippen molar-refractivity contribution in [2.45, 2.75) is 12.8 Å². The maximum atomic E-state index is 11.2. The molecule has 3 N–H and O–H groups in total. The first kappa shape index (κ1) is 12.9. The zero-order valence-corrected chi connectivity index (χ0v) is 10.1. The highest BCUT2D eigenvalue weighted by Gasteiger charge is 2.05. The molecule has 0 saturated carbocycles. The maximum Gasteiger partial charge on any atom is 0.338 e. The minimum atomic E-state index is -0.860. The molecule has 0 amide bonds. The molecule has 0 aliphatic rings. The van der Waals surface area contributed by atoms with Gasteiger partial charge < -0.3 is 20.0 Å². The Morgan fingerprint density at radius 1 is 1.37 bits per heavy atom. The van der Waals surface area contributed by atoms with Crippen molar-refractivity contribution in [3.05, 3.63) is 34.7 Å². The summed E-state index contributed by atoms with van der Waals surface area (Å²) in [6.45, 7) is 0.282. The Bertz CT molecular complexity index is 662. The fraction of sp³-hybridized carbons (Fsp3) is 0.231. The second-order valence-electron chi connectivity index (χ2n) is 4.02. The number of hydrogen-bond donors (Lipinski definition) is 2. The van der Waals surface area contributed by atoms with Gasteiger partial charge in [-0.15, -0.1) is 0 Å². The third-order valence-electron chi connectivity index (χ3n) is 2.55. The fourth-order valence-corrected chi connectivity index (χ4v) is 1.67. The second kappa shape index (κ2) is 5.43. The van der Waals surface area contributed by atoms with Gasteiger partial charge in [0.15, 0.2) is 0 Å². The van der Waals surface area contributed by atoms with E-state index in [4.69, 9.17) is 20.0 Å². The van der Waals surface area contributed by atoms with Gasteiger partial charge >= 0.3 is 11.6 Å². The summed E-state index contributed by atoms with van der Waals surface area (Å²) < 4.78 is 10.4. The van der Waals surface area contributed by atoms with Crippen molar-refractivity contribution in [2.75, 3.05) is 12.3 Å². The molecule has 2 rings (SSSR count). The molecule has 19 heavy (non-hydrogen) atoms. The average molecular weight is 263 g/mol. The molecule has 0 atom stereocenters. The number of rotatable bonds is 5. The monoisotopic (exact) mass is 263 g/mol. The molecule has 2 aromatic rings. The fourth-order valence-electron chi connectivity index (χ4n) is 1.67. The number of nitrogens with two attached hydrogens (primary N) is 1. The molecule has 0 bridgehead atoms. The summed E-state index contributed by atoms with van der Waals surface area (Å²) in [4.78, 5) is 21.5. The van der Waals surface area contributed by atoms with E-state index in [0.717, 1.165) is 0 Å². The van der Waals surface area contributed by atoms with Crippen molar-refractivity contribution >= 4 is 22.6 Å². The van der Waals surface area contributed by atoms with Crippen molar-refractivity contribution in [1.29, 1.82) is 0 Å². The van der Waals surface area contributed by atoms with E-state index < -0.39 is 11.6 Å². The van der Waals surface area contributed by atoms with Crippen LogP contribution >= 0.6 is 0 Å². The summed E-state index contributed by atoms with van der Waals surface area (Å²) in [5.41, 5.74) is 5.87. The van der Waals surface area contributed by atoms with E-state index in [9.17, 15) is 9.59 Å². The lowest BCUT2D eigenvalue weighted by molar-refractivity contribution is -0.137. The number of fused-ring (bicyclic) bond motifs is 1. The quantitative estimate of drug-likeness (QED) is 0.627. The van der Waals surface area contributed by atoms with Gasteiger partial charge in [-0.1, -0.05) is 0 Å². The van der Waals surface area contributed by atoms with Gasteiger partial charge in [0.25, 0.3) is 0 Å². The molecule has 1 aromatic carbocycles. The lowest BCUT2D eigenvalue weighted by Crippen LogP contribution is -2.03. The van der Waals surface area contributed by atoms with Crippen LogP contribution in [-0.4, -0.2) is 17.7 Å². The number of aliphatic carboxylic acids is 1. The van der Waals surface area contributed by atoms with Crippen LogP contribution in [0, 0.1) is 0 Å². The van der Waals surface area contributed by atoms with Gasteiger partial charge in [0.1, 0.15) is 11.3 Å². The minimum absolute atomic E-state index is 0.0512. The third kappa shape index (κ3) is 3.25. The number of carboxylic acid groups (broad SMARTS) is 1. The van der Waals surface area contributed by atoms with Gasteiger partial charge in [0.2, 0.25) is 0 Å². The molecule has 0 unspecified atom stereocenters. The number of anilines is 1. The second-order valence-corrected chi connectivity index (χ2v) is 4.02. The summed E-state index contributed by atoms with van der Waals surface area (Å²) in [7, 11) is 0. The number of ether oxygens (including phenoxy) is 1. The van der Waals surface area contributed by atoms with E-state index in [1.54, 1.807) is 18.2 Å². The predicted octanol–water partition coefficient (Wildman–Crippen LogP) is 1.62. The van der Waals surface area contributed by atoms with Gasteiger partial charge in [0, 0.05) is 29.6 Å². The Hall–Kier alpha value is -2.50. The van der Waals surface area contributed by atoms with Crippen LogP contribution in [0.25, 0.3) is 11.0 Å². The largest absolute Gasteiger partial charge is 0.493 e. The van der Waals surface area contributed by atoms with E-state index in [0.29, 0.717) is 28.8 Å². The lowest BCUT2D eigenvalue weighted by Gasteiger charge is -2.06. The summed E-state index contributed by atoms with van der Waals surface area (Å²) in [6.07, 6.45) is 0.462. The highest BCUT2D eigenvalue weighted by molar-refractivity contribution is 5.89. The predicted molar refractivity (Wildman–Crippen MR) is 69.3 cm³/mol. The van der Waals surface area contributed by atoms with E-state index in [2.05, 4.69) is 0 Å². The number of carbonyl (C=O) groups is 1. The number of carboxylic acids is 1. The van der Waals surface area contributed by atoms with Gasteiger partial charge in [-0.2, -0.15) is 0 Å². The Balaban J connectivity index is 2.13. The summed E-state index contributed by atoms with van der Waals surface area (Å²) in [5.74, 6) is -0.354. The van der Waals surface area contributed by atoms with Crippen molar-refractivity contribution in [2.24, 2.45) is 0 Å². The summed E-state index contributed by atoms with van der Waals surface area (Å²) in [5, 5.41) is 9.13. The van der Waals surface area contributed by atoms with E-state index in [-0.39, 0.29) is 13.0 Å². The van der Waals surface area contributed by atoms with Crippen LogP contribution in [0.3, 0.4) is 0 Å². The van der Waals surface area contributed by atoms with E-state index in [1.807, 2.05) is 0 Å². The molecule has 0 aliphatic heterocycles. The molecule has 1 heterocycles. The minimum Gasteiger partial charge on any atom is -0.493 e. The normalized spacial score (nSPS) is 10.5. The lowest BCUT2D eigenvalue weighted by atomic mass is 10.2. The summed E-state index contributed by atoms with van der Waals surface area (Å²) >= 11 is 0. The molecule has 0 radical (unpaired) electrons. The van der Waals surface area contributed by atoms with Gasteiger partial charge in [-0.25, -0.2) is 4.79 Å². The van der Waals surface area contributed by atoms with Crippen LogP contribution in [0.1, 0.15) is 12.8 Å². The summed E-state index contributed by atoms with van der Waals surface area (Å²) in [6, 6.07) is 6.17. The highest BCUT2D eigenvalue weighted by atomic mass is 16.5. The molecule has 0 saturated heterocycles. The van der Waals surface area contributed by atoms with Crippen LogP contribution in [0.2, 0.25) is 0 Å². The molecular formula is C13H13NO5. The zero-order valence-electron chi connectivity index (χ0n) is 10.1. The van der Waals surface area contributed by atoms with Crippen molar-refractivity contribution in [1.82, 2.24) is 0 Å². The van der Waals surface area contributed by atoms with Gasteiger partial charge in [-0.05, 0) is 18.6 Å². The maximum absolute atomic E-state index is 11.2. The van der Waals surface area contributed by atoms with Crippen molar-refractivity contribution < 1.29 is 19.1 Å². The molecule has 100 valence electrons. The molecule has 6 nitrogen and oxygen atoms in total. The molecule has 0 spiro atoms. The average Bonchev–Trinajstić information content (AvgIpc) is 2.33. The molecule has 6 heteroatoms. The smallest absolute Gasteiger partial charge is 0.338 e. The molecule has 0 aliphatic carbocycles. The SMILES string of the molecule is Nc1cc(=O)oc2cc(OCCCC(=O)O)ccc12. The first-order chi connectivity index (χ1) is 9.06. The highest BCUT2D eigenvalue weighted by Crippen LogP contribution is 2.23. The zero-order chi connectivity index (χ0) is 13.8. The first-order valence-corrected chi connectivity index (χ1v) is 5.74. The van der Waals surface area contributed by atoms with Gasteiger partial charge in [-0.3, -0.25) is 4.79 Å². The van der Waals surface area contributed by atoms with Crippen LogP contribution < -0.4 is 16.1 Å².